The Kier molecular flexibility index (Phi) is 2.97. The van der Waals surface area contributed by atoms with Gasteiger partial charge in [0.1, 0.15) is 6.33 Å². The van der Waals surface area contributed by atoms with E-state index in [2.05, 4.69) is 19.9 Å². The van der Waals surface area contributed by atoms with Crippen LogP contribution in [0.4, 0.5) is 0 Å². The van der Waals surface area contributed by atoms with Crippen LogP contribution < -0.4 is 0 Å². The van der Waals surface area contributed by atoms with Gasteiger partial charge in [-0.3, -0.25) is 4.57 Å². The fourth-order valence-corrected chi connectivity index (χ4v) is 1.82. The highest BCUT2D eigenvalue weighted by atomic mass is 35.5. The molecule has 19 heavy (non-hydrogen) atoms. The molecule has 0 saturated carbocycles. The first-order valence-corrected chi connectivity index (χ1v) is 6.07. The average molecular weight is 272 g/mol. The number of hydrogen-bond donors (Lipinski definition) is 0. The topological polar surface area (TPSA) is 56.5 Å². The first kappa shape index (κ1) is 11.8. The second-order valence-electron chi connectivity index (χ2n) is 4.06. The summed E-state index contributed by atoms with van der Waals surface area (Å²) in [4.78, 5) is 16.6. The van der Waals surface area contributed by atoms with Crippen LogP contribution in [-0.2, 0) is 0 Å². The molecule has 0 saturated heterocycles. The lowest BCUT2D eigenvalue weighted by molar-refractivity contribution is 0.899. The minimum absolute atomic E-state index is 0.161. The van der Waals surface area contributed by atoms with E-state index in [0.29, 0.717) is 11.8 Å². The molecule has 0 aliphatic carbocycles. The third-order valence-electron chi connectivity index (χ3n) is 2.64. The smallest absolute Gasteiger partial charge is 0.239 e. The third kappa shape index (κ3) is 2.46. The molecule has 0 aliphatic rings. The van der Waals surface area contributed by atoms with Crippen LogP contribution in [0.2, 0.25) is 5.28 Å². The van der Waals surface area contributed by atoms with Crippen molar-refractivity contribution in [2.45, 2.75) is 6.92 Å². The fourth-order valence-electron chi connectivity index (χ4n) is 1.66. The van der Waals surface area contributed by atoms with Crippen LogP contribution in [-0.4, -0.2) is 24.5 Å². The molecular weight excluding hydrogens is 262 g/mol. The van der Waals surface area contributed by atoms with E-state index in [1.807, 2.05) is 31.2 Å². The van der Waals surface area contributed by atoms with E-state index >= 15 is 0 Å². The van der Waals surface area contributed by atoms with E-state index in [1.165, 1.54) is 5.56 Å². The number of hydrogen-bond acceptors (Lipinski definition) is 4. The van der Waals surface area contributed by atoms with Gasteiger partial charge in [-0.2, -0.15) is 15.0 Å². The first-order valence-electron chi connectivity index (χ1n) is 5.69. The molecule has 0 atom stereocenters. The number of aromatic nitrogens is 5. The van der Waals surface area contributed by atoms with Gasteiger partial charge in [-0.05, 0) is 18.5 Å². The molecule has 0 unspecified atom stereocenters. The molecule has 3 rings (SSSR count). The lowest BCUT2D eigenvalue weighted by Crippen LogP contribution is -2.02. The van der Waals surface area contributed by atoms with Gasteiger partial charge in [0.25, 0.3) is 0 Å². The lowest BCUT2D eigenvalue weighted by Gasteiger charge is -2.04. The van der Waals surface area contributed by atoms with Gasteiger partial charge in [0.15, 0.2) is 5.82 Å². The second-order valence-corrected chi connectivity index (χ2v) is 4.40. The van der Waals surface area contributed by atoms with Crippen molar-refractivity contribution in [2.75, 3.05) is 0 Å². The quantitative estimate of drug-likeness (QED) is 0.719. The van der Waals surface area contributed by atoms with Crippen molar-refractivity contribution in [1.82, 2.24) is 24.5 Å². The van der Waals surface area contributed by atoms with Crippen LogP contribution in [0.15, 0.2) is 43.0 Å². The Morgan fingerprint density at radius 1 is 1.05 bits per heavy atom. The molecular formula is C13H10ClN5. The number of nitrogens with zero attached hydrogens (tertiary/aromatic N) is 5. The molecule has 2 aromatic heterocycles. The first-order chi connectivity index (χ1) is 9.22. The number of aryl methyl sites for hydroxylation is 1. The predicted octanol–water partition coefficient (Wildman–Crippen LogP) is 2.69. The normalized spacial score (nSPS) is 10.6. The Balaban J connectivity index is 2.10. The van der Waals surface area contributed by atoms with Crippen molar-refractivity contribution in [1.29, 1.82) is 0 Å². The van der Waals surface area contributed by atoms with Gasteiger partial charge in [0, 0.05) is 18.0 Å². The van der Waals surface area contributed by atoms with Crippen LogP contribution in [0, 0.1) is 6.92 Å². The maximum atomic E-state index is 5.95. The lowest BCUT2D eigenvalue weighted by atomic mass is 10.1. The summed E-state index contributed by atoms with van der Waals surface area (Å²) in [7, 11) is 0. The fraction of sp³-hybridized carbons (Fsp3) is 0.0769. The highest BCUT2D eigenvalue weighted by Gasteiger charge is 2.08. The molecule has 0 spiro atoms. The Morgan fingerprint density at radius 3 is 2.53 bits per heavy atom. The SMILES string of the molecule is Cc1ccc(-c2nc(Cl)nc(-n3ccnc3)n2)cc1. The third-order valence-corrected chi connectivity index (χ3v) is 2.81. The number of imidazole rings is 1. The van der Waals surface area contributed by atoms with Crippen molar-refractivity contribution >= 4 is 11.6 Å². The maximum absolute atomic E-state index is 5.95. The largest absolute Gasteiger partial charge is 0.274 e. The van der Waals surface area contributed by atoms with Gasteiger partial charge < -0.3 is 0 Å². The minimum atomic E-state index is 0.161. The zero-order valence-electron chi connectivity index (χ0n) is 10.2. The standard InChI is InChI=1S/C13H10ClN5/c1-9-2-4-10(5-3-9)11-16-12(14)18-13(17-11)19-7-6-15-8-19/h2-8H,1H3. The Bertz CT molecular complexity index is 692. The summed E-state index contributed by atoms with van der Waals surface area (Å²) in [5.74, 6) is 0.997. The van der Waals surface area contributed by atoms with Crippen LogP contribution in [0.25, 0.3) is 17.3 Å². The molecule has 5 nitrogen and oxygen atoms in total. The Labute approximate surface area is 115 Å². The molecule has 0 amide bonds. The number of halogens is 1. The van der Waals surface area contributed by atoms with Crippen molar-refractivity contribution in [3.8, 4) is 17.3 Å². The van der Waals surface area contributed by atoms with E-state index in [-0.39, 0.29) is 5.28 Å². The molecule has 1 aromatic carbocycles. The van der Waals surface area contributed by atoms with Crippen molar-refractivity contribution in [3.05, 3.63) is 53.8 Å². The second kappa shape index (κ2) is 4.78. The number of benzene rings is 1. The van der Waals surface area contributed by atoms with E-state index in [1.54, 1.807) is 23.3 Å². The summed E-state index contributed by atoms with van der Waals surface area (Å²) in [6.07, 6.45) is 5.03. The van der Waals surface area contributed by atoms with Gasteiger partial charge >= 0.3 is 0 Å². The average Bonchev–Trinajstić information content (AvgIpc) is 2.93. The summed E-state index contributed by atoms with van der Waals surface area (Å²) >= 11 is 5.95. The highest BCUT2D eigenvalue weighted by Crippen LogP contribution is 2.18. The maximum Gasteiger partial charge on any atom is 0.239 e. The van der Waals surface area contributed by atoms with E-state index < -0.39 is 0 Å². The summed E-state index contributed by atoms with van der Waals surface area (Å²) < 4.78 is 1.69. The molecule has 0 aliphatic heterocycles. The predicted molar refractivity (Wildman–Crippen MR) is 72.1 cm³/mol. The van der Waals surface area contributed by atoms with Gasteiger partial charge in [0.05, 0.1) is 0 Å². The molecule has 2 heterocycles. The van der Waals surface area contributed by atoms with Crippen LogP contribution in [0.1, 0.15) is 5.56 Å². The molecule has 0 radical (unpaired) electrons. The minimum Gasteiger partial charge on any atom is -0.274 e. The molecule has 0 fully saturated rings. The van der Waals surface area contributed by atoms with Crippen molar-refractivity contribution in [2.24, 2.45) is 0 Å². The van der Waals surface area contributed by atoms with Gasteiger partial charge in [-0.25, -0.2) is 4.98 Å². The molecule has 3 aromatic rings. The molecule has 6 heteroatoms. The van der Waals surface area contributed by atoms with E-state index in [9.17, 15) is 0 Å². The van der Waals surface area contributed by atoms with Crippen LogP contribution in [0.5, 0.6) is 0 Å². The van der Waals surface area contributed by atoms with Gasteiger partial charge in [-0.15, -0.1) is 0 Å². The van der Waals surface area contributed by atoms with Gasteiger partial charge in [-0.1, -0.05) is 29.8 Å². The molecule has 0 N–H and O–H groups in total. The zero-order chi connectivity index (χ0) is 13.2. The van der Waals surface area contributed by atoms with E-state index in [4.69, 9.17) is 11.6 Å². The van der Waals surface area contributed by atoms with Crippen LogP contribution >= 0.6 is 11.6 Å². The Hall–Kier alpha value is -2.27. The number of rotatable bonds is 2. The van der Waals surface area contributed by atoms with Crippen molar-refractivity contribution < 1.29 is 0 Å². The summed E-state index contributed by atoms with van der Waals surface area (Å²) in [6, 6.07) is 7.92. The monoisotopic (exact) mass is 271 g/mol. The zero-order valence-corrected chi connectivity index (χ0v) is 10.9. The summed E-state index contributed by atoms with van der Waals surface area (Å²) in [6.45, 7) is 2.03. The van der Waals surface area contributed by atoms with Gasteiger partial charge in [0.2, 0.25) is 11.2 Å². The Morgan fingerprint density at radius 2 is 1.84 bits per heavy atom. The highest BCUT2D eigenvalue weighted by molar-refractivity contribution is 6.28. The molecule has 0 bridgehead atoms. The summed E-state index contributed by atoms with van der Waals surface area (Å²) in [5.41, 5.74) is 2.08. The van der Waals surface area contributed by atoms with Crippen molar-refractivity contribution in [3.63, 3.8) is 0 Å². The molecule has 94 valence electrons. The van der Waals surface area contributed by atoms with Crippen LogP contribution in [0.3, 0.4) is 0 Å². The summed E-state index contributed by atoms with van der Waals surface area (Å²) in [5, 5.41) is 0.161. The van der Waals surface area contributed by atoms with E-state index in [0.717, 1.165) is 5.56 Å².